The standard InChI is InChI=1S/C15H24N2O/c1-10(2)12-8-6-7-11(3)13(12)17-14(18)15(4,5)9-16/h6-8,10H,9,16H2,1-5H3,(H,17,18). The zero-order valence-corrected chi connectivity index (χ0v) is 12.0. The van der Waals surface area contributed by atoms with E-state index >= 15 is 0 Å². The van der Waals surface area contributed by atoms with Gasteiger partial charge >= 0.3 is 0 Å². The SMILES string of the molecule is Cc1cccc(C(C)C)c1NC(=O)C(C)(C)CN. The van der Waals surface area contributed by atoms with Gasteiger partial charge in [-0.25, -0.2) is 0 Å². The Morgan fingerprint density at radius 1 is 1.39 bits per heavy atom. The minimum Gasteiger partial charge on any atom is -0.329 e. The number of amides is 1. The summed E-state index contributed by atoms with van der Waals surface area (Å²) in [5, 5.41) is 3.03. The van der Waals surface area contributed by atoms with E-state index in [0.717, 1.165) is 16.8 Å². The van der Waals surface area contributed by atoms with Crippen LogP contribution in [0.1, 0.15) is 44.7 Å². The third kappa shape index (κ3) is 3.10. The first kappa shape index (κ1) is 14.7. The van der Waals surface area contributed by atoms with Crippen LogP contribution < -0.4 is 11.1 Å². The largest absolute Gasteiger partial charge is 0.329 e. The van der Waals surface area contributed by atoms with E-state index in [1.807, 2.05) is 32.9 Å². The number of nitrogens with two attached hydrogens (primary N) is 1. The monoisotopic (exact) mass is 248 g/mol. The minimum absolute atomic E-state index is 0.0267. The van der Waals surface area contributed by atoms with Gasteiger partial charge in [0.2, 0.25) is 5.91 Å². The number of hydrogen-bond donors (Lipinski definition) is 2. The number of aryl methyl sites for hydroxylation is 1. The predicted octanol–water partition coefficient (Wildman–Crippen LogP) is 3.04. The number of anilines is 1. The van der Waals surface area contributed by atoms with Crippen LogP contribution in [-0.4, -0.2) is 12.5 Å². The van der Waals surface area contributed by atoms with Crippen molar-refractivity contribution in [3.05, 3.63) is 29.3 Å². The van der Waals surface area contributed by atoms with Gasteiger partial charge in [0.25, 0.3) is 0 Å². The lowest BCUT2D eigenvalue weighted by Gasteiger charge is -2.24. The molecule has 100 valence electrons. The minimum atomic E-state index is -0.545. The molecular weight excluding hydrogens is 224 g/mol. The van der Waals surface area contributed by atoms with E-state index in [2.05, 4.69) is 25.2 Å². The summed E-state index contributed by atoms with van der Waals surface area (Å²) in [6.07, 6.45) is 0. The molecule has 1 aromatic rings. The highest BCUT2D eigenvalue weighted by Crippen LogP contribution is 2.28. The van der Waals surface area contributed by atoms with E-state index in [4.69, 9.17) is 5.73 Å². The Labute approximate surface area is 110 Å². The summed E-state index contributed by atoms with van der Waals surface area (Å²) in [7, 11) is 0. The molecule has 1 amide bonds. The van der Waals surface area contributed by atoms with Crippen molar-refractivity contribution in [1.29, 1.82) is 0 Å². The second kappa shape index (κ2) is 5.53. The Morgan fingerprint density at radius 2 is 2.00 bits per heavy atom. The molecule has 0 fully saturated rings. The molecule has 0 bridgehead atoms. The van der Waals surface area contributed by atoms with Crippen LogP contribution >= 0.6 is 0 Å². The van der Waals surface area contributed by atoms with E-state index in [0.29, 0.717) is 12.5 Å². The van der Waals surface area contributed by atoms with Gasteiger partial charge in [-0.15, -0.1) is 0 Å². The molecule has 0 radical (unpaired) electrons. The van der Waals surface area contributed by atoms with E-state index in [1.54, 1.807) is 0 Å². The van der Waals surface area contributed by atoms with E-state index in [1.165, 1.54) is 0 Å². The molecule has 18 heavy (non-hydrogen) atoms. The van der Waals surface area contributed by atoms with Gasteiger partial charge in [-0.05, 0) is 37.8 Å². The van der Waals surface area contributed by atoms with E-state index in [-0.39, 0.29) is 5.91 Å². The van der Waals surface area contributed by atoms with Crippen molar-refractivity contribution in [2.24, 2.45) is 11.1 Å². The quantitative estimate of drug-likeness (QED) is 0.860. The maximum absolute atomic E-state index is 12.2. The van der Waals surface area contributed by atoms with Gasteiger partial charge in [-0.3, -0.25) is 4.79 Å². The maximum atomic E-state index is 12.2. The maximum Gasteiger partial charge on any atom is 0.231 e. The molecule has 3 heteroatoms. The molecule has 0 saturated heterocycles. The van der Waals surface area contributed by atoms with Crippen LogP contribution in [0.2, 0.25) is 0 Å². The Kier molecular flexibility index (Phi) is 4.52. The summed E-state index contributed by atoms with van der Waals surface area (Å²) in [6.45, 7) is 10.3. The summed E-state index contributed by atoms with van der Waals surface area (Å²) in [4.78, 5) is 12.2. The molecule has 0 spiro atoms. The molecule has 1 rings (SSSR count). The third-order valence-electron chi connectivity index (χ3n) is 3.29. The number of benzene rings is 1. The Bertz CT molecular complexity index is 436. The van der Waals surface area contributed by atoms with E-state index in [9.17, 15) is 4.79 Å². The molecule has 0 unspecified atom stereocenters. The topological polar surface area (TPSA) is 55.1 Å². The lowest BCUT2D eigenvalue weighted by atomic mass is 9.91. The van der Waals surface area contributed by atoms with Crippen molar-refractivity contribution >= 4 is 11.6 Å². The third-order valence-corrected chi connectivity index (χ3v) is 3.29. The van der Waals surface area contributed by atoms with Crippen molar-refractivity contribution in [2.75, 3.05) is 11.9 Å². The zero-order valence-electron chi connectivity index (χ0n) is 12.0. The summed E-state index contributed by atoms with van der Waals surface area (Å²) in [5.74, 6) is 0.349. The lowest BCUT2D eigenvalue weighted by molar-refractivity contribution is -0.123. The Morgan fingerprint density at radius 3 is 2.50 bits per heavy atom. The fourth-order valence-electron chi connectivity index (χ4n) is 1.72. The lowest BCUT2D eigenvalue weighted by Crippen LogP contribution is -2.37. The van der Waals surface area contributed by atoms with Crippen LogP contribution in [0.5, 0.6) is 0 Å². The molecule has 3 nitrogen and oxygen atoms in total. The van der Waals surface area contributed by atoms with Crippen molar-refractivity contribution in [3.63, 3.8) is 0 Å². The van der Waals surface area contributed by atoms with Crippen molar-refractivity contribution < 1.29 is 4.79 Å². The van der Waals surface area contributed by atoms with Crippen LogP contribution in [0.15, 0.2) is 18.2 Å². The van der Waals surface area contributed by atoms with Crippen LogP contribution in [0.3, 0.4) is 0 Å². The summed E-state index contributed by atoms with van der Waals surface area (Å²) in [6, 6.07) is 6.09. The average molecular weight is 248 g/mol. The number of nitrogens with one attached hydrogen (secondary N) is 1. The highest BCUT2D eigenvalue weighted by atomic mass is 16.2. The van der Waals surface area contributed by atoms with Gasteiger partial charge in [0.15, 0.2) is 0 Å². The Hall–Kier alpha value is -1.35. The molecule has 0 aromatic heterocycles. The normalized spacial score (nSPS) is 11.7. The highest BCUT2D eigenvalue weighted by Gasteiger charge is 2.26. The fourth-order valence-corrected chi connectivity index (χ4v) is 1.72. The van der Waals surface area contributed by atoms with Gasteiger partial charge in [0, 0.05) is 12.2 Å². The zero-order chi connectivity index (χ0) is 13.9. The first-order valence-corrected chi connectivity index (χ1v) is 6.40. The molecule has 0 atom stereocenters. The summed E-state index contributed by atoms with van der Waals surface area (Å²) >= 11 is 0. The smallest absolute Gasteiger partial charge is 0.231 e. The molecule has 0 aliphatic carbocycles. The number of rotatable bonds is 4. The first-order chi connectivity index (χ1) is 8.29. The number of carbonyl (C=O) groups excluding carboxylic acids is 1. The number of hydrogen-bond acceptors (Lipinski definition) is 2. The molecule has 0 aliphatic rings. The second-order valence-corrected chi connectivity index (χ2v) is 5.74. The van der Waals surface area contributed by atoms with Gasteiger partial charge in [0.05, 0.1) is 5.41 Å². The first-order valence-electron chi connectivity index (χ1n) is 6.40. The van der Waals surface area contributed by atoms with Crippen molar-refractivity contribution in [1.82, 2.24) is 0 Å². The van der Waals surface area contributed by atoms with Crippen molar-refractivity contribution in [3.8, 4) is 0 Å². The number of para-hydroxylation sites is 1. The second-order valence-electron chi connectivity index (χ2n) is 5.74. The van der Waals surface area contributed by atoms with Gasteiger partial charge in [0.1, 0.15) is 0 Å². The Balaban J connectivity index is 3.08. The van der Waals surface area contributed by atoms with E-state index < -0.39 is 5.41 Å². The summed E-state index contributed by atoms with van der Waals surface area (Å²) < 4.78 is 0. The molecule has 0 aliphatic heterocycles. The molecule has 1 aromatic carbocycles. The molecular formula is C15H24N2O. The van der Waals surface area contributed by atoms with Crippen LogP contribution in [0, 0.1) is 12.3 Å². The molecule has 3 N–H and O–H groups in total. The highest BCUT2D eigenvalue weighted by molar-refractivity contribution is 5.96. The predicted molar refractivity (Wildman–Crippen MR) is 76.7 cm³/mol. The molecule has 0 heterocycles. The molecule has 0 saturated carbocycles. The van der Waals surface area contributed by atoms with Crippen LogP contribution in [0.4, 0.5) is 5.69 Å². The van der Waals surface area contributed by atoms with Gasteiger partial charge < -0.3 is 11.1 Å². The summed E-state index contributed by atoms with van der Waals surface area (Å²) in [5.41, 5.74) is 8.27. The van der Waals surface area contributed by atoms with Gasteiger partial charge in [-0.2, -0.15) is 0 Å². The van der Waals surface area contributed by atoms with Gasteiger partial charge in [-0.1, -0.05) is 32.0 Å². The van der Waals surface area contributed by atoms with Crippen LogP contribution in [0.25, 0.3) is 0 Å². The average Bonchev–Trinajstić information content (AvgIpc) is 2.31. The fraction of sp³-hybridized carbons (Fsp3) is 0.533. The van der Waals surface area contributed by atoms with Crippen molar-refractivity contribution in [2.45, 2.75) is 40.5 Å². The van der Waals surface area contributed by atoms with Crippen LogP contribution in [-0.2, 0) is 4.79 Å². The number of carbonyl (C=O) groups is 1.